The smallest absolute Gasteiger partial charge is 0.0533 e. The van der Waals surface area contributed by atoms with Crippen molar-refractivity contribution in [2.75, 3.05) is 0 Å². The Morgan fingerprint density at radius 2 is 1.56 bits per heavy atom. The minimum absolute atomic E-state index is 0. The van der Waals surface area contributed by atoms with Crippen LogP contribution >= 0.6 is 0 Å². The molecule has 0 aromatic heterocycles. The molecular formula is C8H19O. The highest BCUT2D eigenvalue weighted by Gasteiger charge is 1.83. The molecule has 57 valence electrons. The zero-order chi connectivity index (χ0) is 6.24. The summed E-state index contributed by atoms with van der Waals surface area (Å²) in [6, 6.07) is 0. The molecule has 0 aliphatic rings. The molecule has 1 heteroatoms. The van der Waals surface area contributed by atoms with Gasteiger partial charge < -0.3 is 5.48 Å². The molecule has 0 heterocycles. The molecule has 0 saturated carbocycles. The Kier molecular flexibility index (Phi) is 14.1. The van der Waals surface area contributed by atoms with Gasteiger partial charge in [-0.1, -0.05) is 52.4 Å². The third kappa shape index (κ3) is 11.5. The van der Waals surface area contributed by atoms with E-state index in [1.807, 2.05) is 0 Å². The van der Waals surface area contributed by atoms with E-state index in [1.165, 1.54) is 32.1 Å². The lowest BCUT2D eigenvalue weighted by molar-refractivity contribution is 0.637. The Labute approximate surface area is 58.8 Å². The van der Waals surface area contributed by atoms with E-state index in [9.17, 15) is 0 Å². The largest absolute Gasteiger partial charge is 0.412 e. The second-order valence-electron chi connectivity index (χ2n) is 2.27. The van der Waals surface area contributed by atoms with Gasteiger partial charge in [-0.05, 0) is 0 Å². The lowest BCUT2D eigenvalue weighted by atomic mass is 10.1. The summed E-state index contributed by atoms with van der Waals surface area (Å²) in [6.07, 6.45) is 7.98. The SMILES string of the molecule is O.[CH2]CCCCCCC. The van der Waals surface area contributed by atoms with Crippen molar-refractivity contribution in [1.29, 1.82) is 0 Å². The quantitative estimate of drug-likeness (QED) is 0.513. The van der Waals surface area contributed by atoms with E-state index in [0.717, 1.165) is 6.42 Å². The summed E-state index contributed by atoms with van der Waals surface area (Å²) in [5.74, 6) is 0. The minimum Gasteiger partial charge on any atom is -0.412 e. The van der Waals surface area contributed by atoms with Gasteiger partial charge in [-0.2, -0.15) is 0 Å². The van der Waals surface area contributed by atoms with Gasteiger partial charge in [-0.25, -0.2) is 0 Å². The summed E-state index contributed by atoms with van der Waals surface area (Å²) >= 11 is 0. The van der Waals surface area contributed by atoms with Gasteiger partial charge in [0.1, 0.15) is 0 Å². The van der Waals surface area contributed by atoms with Crippen molar-refractivity contribution in [3.63, 3.8) is 0 Å². The minimum atomic E-state index is 0. The van der Waals surface area contributed by atoms with Crippen molar-refractivity contribution in [3.05, 3.63) is 6.92 Å². The molecule has 0 aliphatic carbocycles. The molecule has 0 aromatic carbocycles. The zero-order valence-electron chi connectivity index (χ0n) is 6.45. The predicted molar refractivity (Wildman–Crippen MR) is 42.3 cm³/mol. The molecule has 0 fully saturated rings. The molecule has 0 amide bonds. The highest BCUT2D eigenvalue weighted by atomic mass is 16.0. The fraction of sp³-hybridized carbons (Fsp3) is 0.875. The van der Waals surface area contributed by atoms with E-state index in [1.54, 1.807) is 0 Å². The lowest BCUT2D eigenvalue weighted by Crippen LogP contribution is -1.74. The van der Waals surface area contributed by atoms with Crippen LogP contribution in [0, 0.1) is 6.92 Å². The molecule has 0 rings (SSSR count). The van der Waals surface area contributed by atoms with Crippen molar-refractivity contribution in [2.45, 2.75) is 45.4 Å². The lowest BCUT2D eigenvalue weighted by Gasteiger charge is -1.93. The van der Waals surface area contributed by atoms with E-state index < -0.39 is 0 Å². The average molecular weight is 131 g/mol. The number of unbranched alkanes of at least 4 members (excludes halogenated alkanes) is 5. The van der Waals surface area contributed by atoms with E-state index >= 15 is 0 Å². The molecule has 9 heavy (non-hydrogen) atoms. The van der Waals surface area contributed by atoms with Gasteiger partial charge in [0, 0.05) is 0 Å². The summed E-state index contributed by atoms with van der Waals surface area (Å²) in [5, 5.41) is 0. The van der Waals surface area contributed by atoms with Gasteiger partial charge in [0.25, 0.3) is 0 Å². The van der Waals surface area contributed by atoms with E-state index in [4.69, 9.17) is 0 Å². The Balaban J connectivity index is 0. The van der Waals surface area contributed by atoms with Gasteiger partial charge in [-0.15, -0.1) is 0 Å². The average Bonchev–Trinajstić information content (AvgIpc) is 1.81. The zero-order valence-corrected chi connectivity index (χ0v) is 6.45. The van der Waals surface area contributed by atoms with Gasteiger partial charge in [0.15, 0.2) is 0 Å². The van der Waals surface area contributed by atoms with E-state index in [2.05, 4.69) is 13.8 Å². The molecule has 0 aliphatic heterocycles. The van der Waals surface area contributed by atoms with Crippen LogP contribution in [0.5, 0.6) is 0 Å². The van der Waals surface area contributed by atoms with Crippen molar-refractivity contribution in [1.82, 2.24) is 0 Å². The third-order valence-corrected chi connectivity index (χ3v) is 1.35. The van der Waals surface area contributed by atoms with Crippen molar-refractivity contribution in [2.24, 2.45) is 0 Å². The Morgan fingerprint density at radius 3 is 2.00 bits per heavy atom. The predicted octanol–water partition coefficient (Wildman–Crippen LogP) is 2.36. The van der Waals surface area contributed by atoms with Crippen molar-refractivity contribution < 1.29 is 5.48 Å². The van der Waals surface area contributed by atoms with Crippen LogP contribution in [-0.4, -0.2) is 5.48 Å². The van der Waals surface area contributed by atoms with Crippen molar-refractivity contribution in [3.8, 4) is 0 Å². The van der Waals surface area contributed by atoms with E-state index in [-0.39, 0.29) is 5.48 Å². The first kappa shape index (κ1) is 11.7. The first-order valence-corrected chi connectivity index (χ1v) is 3.71. The first-order valence-electron chi connectivity index (χ1n) is 3.71. The summed E-state index contributed by atoms with van der Waals surface area (Å²) in [7, 11) is 0. The molecule has 0 aromatic rings. The van der Waals surface area contributed by atoms with Gasteiger partial charge >= 0.3 is 0 Å². The molecule has 0 unspecified atom stereocenters. The maximum atomic E-state index is 3.78. The van der Waals surface area contributed by atoms with Crippen LogP contribution in [-0.2, 0) is 0 Å². The van der Waals surface area contributed by atoms with Gasteiger partial charge in [0.05, 0.1) is 0 Å². The third-order valence-electron chi connectivity index (χ3n) is 1.35. The highest BCUT2D eigenvalue weighted by molar-refractivity contribution is 4.43. The maximum Gasteiger partial charge on any atom is -0.0533 e. The number of hydrogen-bond acceptors (Lipinski definition) is 0. The number of hydrogen-bond donors (Lipinski definition) is 0. The maximum absolute atomic E-state index is 3.78. The molecule has 1 radical (unpaired) electrons. The molecule has 1 nitrogen and oxygen atoms in total. The monoisotopic (exact) mass is 131 g/mol. The van der Waals surface area contributed by atoms with Crippen LogP contribution in [0.25, 0.3) is 0 Å². The van der Waals surface area contributed by atoms with Crippen LogP contribution in [0.4, 0.5) is 0 Å². The highest BCUT2D eigenvalue weighted by Crippen LogP contribution is 2.03. The van der Waals surface area contributed by atoms with Crippen LogP contribution in [0.1, 0.15) is 45.4 Å². The summed E-state index contributed by atoms with van der Waals surface area (Å²) in [5.41, 5.74) is 0. The first-order chi connectivity index (χ1) is 3.91. The topological polar surface area (TPSA) is 31.5 Å². The van der Waals surface area contributed by atoms with Gasteiger partial charge in [-0.3, -0.25) is 0 Å². The standard InChI is InChI=1S/C8H17.H2O/c1-3-5-7-8-6-4-2;/h1,3-8H2,2H3;1H2. The fourth-order valence-corrected chi connectivity index (χ4v) is 0.780. The van der Waals surface area contributed by atoms with Crippen LogP contribution in [0.15, 0.2) is 0 Å². The summed E-state index contributed by atoms with van der Waals surface area (Å²) in [4.78, 5) is 0. The normalized spacial score (nSPS) is 8.67. The second-order valence-corrected chi connectivity index (χ2v) is 2.27. The van der Waals surface area contributed by atoms with Crippen molar-refractivity contribution >= 4 is 0 Å². The second kappa shape index (κ2) is 10.9. The molecule has 0 saturated heterocycles. The summed E-state index contributed by atoms with van der Waals surface area (Å²) in [6.45, 7) is 6.02. The Hall–Kier alpha value is -0.0400. The number of rotatable bonds is 5. The van der Waals surface area contributed by atoms with Crippen LogP contribution in [0.3, 0.4) is 0 Å². The van der Waals surface area contributed by atoms with E-state index in [0.29, 0.717) is 0 Å². The molecule has 0 bridgehead atoms. The molecule has 2 N–H and O–H groups in total. The molecule has 0 spiro atoms. The molecular weight excluding hydrogens is 112 g/mol. The molecule has 0 atom stereocenters. The van der Waals surface area contributed by atoms with Gasteiger partial charge in [0.2, 0.25) is 0 Å². The summed E-state index contributed by atoms with van der Waals surface area (Å²) < 4.78 is 0. The van der Waals surface area contributed by atoms with Crippen LogP contribution < -0.4 is 0 Å². The van der Waals surface area contributed by atoms with Crippen LogP contribution in [0.2, 0.25) is 0 Å². The Bertz CT molecular complexity index is 29.5. The Morgan fingerprint density at radius 1 is 1.00 bits per heavy atom. The fourth-order valence-electron chi connectivity index (χ4n) is 0.780.